The number of amides is 1. The summed E-state index contributed by atoms with van der Waals surface area (Å²) in [6.45, 7) is 3.44. The van der Waals surface area contributed by atoms with Crippen molar-refractivity contribution in [3.8, 4) is 0 Å². The molecule has 1 aromatic heterocycles. The molecule has 0 aliphatic carbocycles. The molecule has 4 heteroatoms. The number of aryl methyl sites for hydroxylation is 1. The number of hydrogen-bond donors (Lipinski definition) is 1. The molecule has 0 aliphatic rings. The first-order chi connectivity index (χ1) is 8.22. The predicted molar refractivity (Wildman–Crippen MR) is 67.0 cm³/mol. The van der Waals surface area contributed by atoms with E-state index in [2.05, 4.69) is 10.5 Å². The third kappa shape index (κ3) is 2.36. The van der Waals surface area contributed by atoms with E-state index in [4.69, 9.17) is 4.42 Å². The zero-order valence-electron chi connectivity index (χ0n) is 9.86. The molecule has 17 heavy (non-hydrogen) atoms. The number of benzene rings is 1. The van der Waals surface area contributed by atoms with Crippen LogP contribution in [-0.4, -0.2) is 12.1 Å². The first-order valence-corrected chi connectivity index (χ1v) is 5.52. The van der Waals surface area contributed by atoms with Gasteiger partial charge in [0.2, 0.25) is 5.91 Å². The second-order valence-electron chi connectivity index (χ2n) is 3.71. The van der Waals surface area contributed by atoms with E-state index >= 15 is 0 Å². The van der Waals surface area contributed by atoms with Crippen LogP contribution in [0.5, 0.6) is 0 Å². The largest absolute Gasteiger partial charge is 0.460 e. The number of fused-ring (bicyclic) bond motifs is 1. The van der Waals surface area contributed by atoms with Gasteiger partial charge in [-0.2, -0.15) is 5.10 Å². The molecule has 88 valence electrons. The first-order valence-electron chi connectivity index (χ1n) is 5.52. The van der Waals surface area contributed by atoms with Gasteiger partial charge in [-0.15, -0.1) is 0 Å². The number of carbonyl (C=O) groups excluding carboxylic acids is 1. The van der Waals surface area contributed by atoms with E-state index in [1.165, 1.54) is 6.92 Å². The van der Waals surface area contributed by atoms with Crippen molar-refractivity contribution in [3.05, 3.63) is 35.6 Å². The molecule has 0 saturated heterocycles. The second kappa shape index (κ2) is 4.82. The molecule has 0 spiro atoms. The van der Waals surface area contributed by atoms with E-state index in [0.29, 0.717) is 0 Å². The van der Waals surface area contributed by atoms with Gasteiger partial charge in [0.05, 0.1) is 6.21 Å². The van der Waals surface area contributed by atoms with Crippen molar-refractivity contribution in [2.75, 3.05) is 0 Å². The van der Waals surface area contributed by atoms with E-state index in [9.17, 15) is 4.79 Å². The Labute approximate surface area is 99.3 Å². The molecule has 2 aromatic rings. The number of carbonyl (C=O) groups is 1. The van der Waals surface area contributed by atoms with Crippen molar-refractivity contribution in [3.63, 3.8) is 0 Å². The third-order valence-electron chi connectivity index (χ3n) is 2.45. The Hall–Kier alpha value is -2.10. The number of hydrogen-bond acceptors (Lipinski definition) is 3. The van der Waals surface area contributed by atoms with E-state index < -0.39 is 0 Å². The molecule has 1 N–H and O–H groups in total. The number of rotatable bonds is 3. The predicted octanol–water partition coefficient (Wildman–Crippen LogP) is 2.47. The van der Waals surface area contributed by atoms with E-state index in [-0.39, 0.29) is 5.91 Å². The lowest BCUT2D eigenvalue weighted by molar-refractivity contribution is -0.118. The Morgan fingerprint density at radius 2 is 2.24 bits per heavy atom. The summed E-state index contributed by atoms with van der Waals surface area (Å²) in [6.07, 6.45) is 2.42. The number of nitrogens with one attached hydrogen (secondary N) is 1. The zero-order valence-corrected chi connectivity index (χ0v) is 9.86. The van der Waals surface area contributed by atoms with Crippen LogP contribution in [0.15, 0.2) is 33.8 Å². The van der Waals surface area contributed by atoms with Gasteiger partial charge in [0.25, 0.3) is 0 Å². The Morgan fingerprint density at radius 3 is 2.94 bits per heavy atom. The van der Waals surface area contributed by atoms with Crippen molar-refractivity contribution >= 4 is 23.1 Å². The average molecular weight is 230 g/mol. The molecule has 1 aromatic carbocycles. The Bertz CT molecular complexity index is 570. The number of furan rings is 1. The monoisotopic (exact) mass is 230 g/mol. The van der Waals surface area contributed by atoms with Crippen molar-refractivity contribution in [1.29, 1.82) is 0 Å². The fourth-order valence-electron chi connectivity index (χ4n) is 1.71. The summed E-state index contributed by atoms with van der Waals surface area (Å²) in [5.74, 6) is 0.687. The molecule has 0 radical (unpaired) electrons. The van der Waals surface area contributed by atoms with Crippen LogP contribution in [0.25, 0.3) is 11.0 Å². The quantitative estimate of drug-likeness (QED) is 0.650. The summed E-state index contributed by atoms with van der Waals surface area (Å²) >= 11 is 0. The minimum atomic E-state index is -0.188. The summed E-state index contributed by atoms with van der Waals surface area (Å²) in [7, 11) is 0. The van der Waals surface area contributed by atoms with Crippen LogP contribution in [-0.2, 0) is 11.2 Å². The molecule has 4 nitrogen and oxygen atoms in total. The van der Waals surface area contributed by atoms with Crippen molar-refractivity contribution in [2.45, 2.75) is 20.3 Å². The van der Waals surface area contributed by atoms with E-state index in [1.807, 2.05) is 31.2 Å². The molecule has 0 unspecified atom stereocenters. The van der Waals surface area contributed by atoms with Crippen LogP contribution in [0.1, 0.15) is 25.2 Å². The lowest BCUT2D eigenvalue weighted by Crippen LogP contribution is -2.12. The zero-order chi connectivity index (χ0) is 12.3. The summed E-state index contributed by atoms with van der Waals surface area (Å²) < 4.78 is 5.70. The highest BCUT2D eigenvalue weighted by Gasteiger charge is 2.10. The maximum atomic E-state index is 10.7. The van der Waals surface area contributed by atoms with Gasteiger partial charge < -0.3 is 4.42 Å². The highest BCUT2D eigenvalue weighted by molar-refractivity contribution is 5.99. The van der Waals surface area contributed by atoms with Crippen LogP contribution >= 0.6 is 0 Å². The highest BCUT2D eigenvalue weighted by atomic mass is 16.3. The normalized spacial score (nSPS) is 11.2. The van der Waals surface area contributed by atoms with Crippen LogP contribution < -0.4 is 5.43 Å². The molecule has 2 rings (SSSR count). The fourth-order valence-corrected chi connectivity index (χ4v) is 1.71. The summed E-state index contributed by atoms with van der Waals surface area (Å²) in [6, 6.07) is 7.78. The molecule has 1 amide bonds. The standard InChI is InChI=1S/C13H14N2O2/c1-3-12-11(8-14-15-9(2)16)10-6-4-5-7-13(10)17-12/h4-8H,3H2,1-2H3,(H,15,16)/b14-8-. The number of hydrazone groups is 1. The maximum absolute atomic E-state index is 10.7. The Balaban J connectivity index is 2.43. The van der Waals surface area contributed by atoms with E-state index in [1.54, 1.807) is 6.21 Å². The van der Waals surface area contributed by atoms with E-state index in [0.717, 1.165) is 28.7 Å². The minimum absolute atomic E-state index is 0.188. The molecule has 1 heterocycles. The van der Waals surface area contributed by atoms with Crippen LogP contribution in [0.4, 0.5) is 0 Å². The summed E-state index contributed by atoms with van der Waals surface area (Å²) in [4.78, 5) is 10.7. The third-order valence-corrected chi connectivity index (χ3v) is 2.45. The van der Waals surface area contributed by atoms with Gasteiger partial charge in [-0.05, 0) is 6.07 Å². The van der Waals surface area contributed by atoms with Crippen molar-refractivity contribution in [2.24, 2.45) is 5.10 Å². The molecule has 0 aliphatic heterocycles. The van der Waals surface area contributed by atoms with Gasteiger partial charge in [-0.3, -0.25) is 4.79 Å². The topological polar surface area (TPSA) is 54.6 Å². The number of nitrogens with zero attached hydrogens (tertiary/aromatic N) is 1. The summed E-state index contributed by atoms with van der Waals surface area (Å²) in [5, 5.41) is 4.90. The SMILES string of the molecule is CCc1oc2ccccc2c1/C=N\NC(C)=O. The molecule has 0 atom stereocenters. The molecule has 0 bridgehead atoms. The first kappa shape index (κ1) is 11.4. The van der Waals surface area contributed by atoms with Crippen molar-refractivity contribution in [1.82, 2.24) is 5.43 Å². The van der Waals surface area contributed by atoms with Crippen LogP contribution in [0.2, 0.25) is 0 Å². The van der Waals surface area contributed by atoms with Gasteiger partial charge in [0, 0.05) is 24.3 Å². The van der Waals surface area contributed by atoms with Crippen molar-refractivity contribution < 1.29 is 9.21 Å². The molecule has 0 fully saturated rings. The van der Waals surface area contributed by atoms with Gasteiger partial charge in [-0.1, -0.05) is 25.1 Å². The van der Waals surface area contributed by atoms with Gasteiger partial charge >= 0.3 is 0 Å². The second-order valence-corrected chi connectivity index (χ2v) is 3.71. The molecular formula is C13H14N2O2. The molecule has 0 saturated carbocycles. The van der Waals surface area contributed by atoms with Gasteiger partial charge in [0.15, 0.2) is 0 Å². The van der Waals surface area contributed by atoms with Gasteiger partial charge in [0.1, 0.15) is 11.3 Å². The molecular weight excluding hydrogens is 216 g/mol. The fraction of sp³-hybridized carbons (Fsp3) is 0.231. The van der Waals surface area contributed by atoms with Crippen LogP contribution in [0, 0.1) is 0 Å². The Morgan fingerprint density at radius 1 is 1.47 bits per heavy atom. The van der Waals surface area contributed by atoms with Gasteiger partial charge in [-0.25, -0.2) is 5.43 Å². The smallest absolute Gasteiger partial charge is 0.236 e. The highest BCUT2D eigenvalue weighted by Crippen LogP contribution is 2.24. The van der Waals surface area contributed by atoms with Crippen LogP contribution in [0.3, 0.4) is 0 Å². The minimum Gasteiger partial charge on any atom is -0.460 e. The lowest BCUT2D eigenvalue weighted by Gasteiger charge is -1.94. The average Bonchev–Trinajstić information content (AvgIpc) is 2.67. The maximum Gasteiger partial charge on any atom is 0.236 e. The lowest BCUT2D eigenvalue weighted by atomic mass is 10.1. The Kier molecular flexibility index (Phi) is 3.23. The number of para-hydroxylation sites is 1. The summed E-state index contributed by atoms with van der Waals surface area (Å²) in [5.41, 5.74) is 4.16.